The van der Waals surface area contributed by atoms with Gasteiger partial charge in [0.2, 0.25) is 0 Å². The van der Waals surface area contributed by atoms with Crippen molar-refractivity contribution in [2.24, 2.45) is 11.8 Å². The van der Waals surface area contributed by atoms with Gasteiger partial charge >= 0.3 is 6.09 Å². The van der Waals surface area contributed by atoms with Gasteiger partial charge in [-0.2, -0.15) is 0 Å². The van der Waals surface area contributed by atoms with Gasteiger partial charge in [0.25, 0.3) is 5.91 Å². The minimum Gasteiger partial charge on any atom is -0.444 e. The van der Waals surface area contributed by atoms with Gasteiger partial charge in [0.15, 0.2) is 8.32 Å². The van der Waals surface area contributed by atoms with Crippen LogP contribution in [-0.4, -0.2) is 86.3 Å². The van der Waals surface area contributed by atoms with E-state index in [1.54, 1.807) is 12.0 Å². The number of aryl methyl sites for hydroxylation is 2. The van der Waals surface area contributed by atoms with Crippen LogP contribution >= 0.6 is 0 Å². The number of rotatable bonds is 11. The van der Waals surface area contributed by atoms with Crippen LogP contribution in [0.4, 0.5) is 4.79 Å². The smallest absolute Gasteiger partial charge is 0.410 e. The number of carbonyl (C=O) groups excluding carboxylic acids is 2. The zero-order valence-corrected chi connectivity index (χ0v) is 29.9. The molecule has 1 aromatic carbocycles. The van der Waals surface area contributed by atoms with Crippen LogP contribution in [0.3, 0.4) is 0 Å². The summed E-state index contributed by atoms with van der Waals surface area (Å²) in [6.07, 6.45) is 2.76. The van der Waals surface area contributed by atoms with E-state index < -0.39 is 13.9 Å². The Kier molecular flexibility index (Phi) is 11.2. The summed E-state index contributed by atoms with van der Waals surface area (Å²) in [5.41, 5.74) is 2.38. The molecule has 1 aromatic heterocycles. The Morgan fingerprint density at radius 3 is 2.30 bits per heavy atom. The number of carbonyl (C=O) groups is 2. The van der Waals surface area contributed by atoms with Gasteiger partial charge in [-0.25, -0.2) is 4.79 Å². The molecular formula is C34H57N3O5Si. The van der Waals surface area contributed by atoms with Gasteiger partial charge in [0.05, 0.1) is 0 Å². The van der Waals surface area contributed by atoms with Crippen molar-refractivity contribution in [2.75, 3.05) is 40.0 Å². The predicted molar refractivity (Wildman–Crippen MR) is 177 cm³/mol. The van der Waals surface area contributed by atoms with Crippen molar-refractivity contribution < 1.29 is 23.5 Å². The number of hydrogen-bond acceptors (Lipinski definition) is 5. The Balaban J connectivity index is 1.87. The molecule has 8 nitrogen and oxygen atoms in total. The molecule has 2 amide bonds. The molecule has 2 atom stereocenters. The second kappa shape index (κ2) is 13.7. The van der Waals surface area contributed by atoms with Crippen LogP contribution in [-0.2, 0) is 20.4 Å². The third-order valence-electron chi connectivity index (χ3n) is 9.08. The Hall–Kier alpha value is -2.36. The number of benzene rings is 1. The maximum atomic E-state index is 14.1. The summed E-state index contributed by atoms with van der Waals surface area (Å²) in [6, 6.07) is 6.05. The van der Waals surface area contributed by atoms with Crippen LogP contribution in [0.5, 0.6) is 0 Å². The molecule has 2 aromatic rings. The van der Waals surface area contributed by atoms with E-state index in [0.29, 0.717) is 38.4 Å². The Morgan fingerprint density at radius 2 is 1.72 bits per heavy atom. The second-order valence-corrected chi connectivity index (χ2v) is 19.9. The Labute approximate surface area is 261 Å². The number of methoxy groups -OCH3 is 1. The van der Waals surface area contributed by atoms with Crippen molar-refractivity contribution in [2.45, 2.75) is 105 Å². The van der Waals surface area contributed by atoms with E-state index in [-0.39, 0.29) is 34.9 Å². The van der Waals surface area contributed by atoms with Crippen LogP contribution in [0.15, 0.2) is 24.4 Å². The molecule has 1 aliphatic heterocycles. The zero-order valence-electron chi connectivity index (χ0n) is 28.9. The van der Waals surface area contributed by atoms with E-state index in [1.807, 2.05) is 37.8 Å². The molecule has 0 unspecified atom stereocenters. The molecule has 242 valence electrons. The third kappa shape index (κ3) is 8.85. The number of fused-ring (bicyclic) bond motifs is 1. The first kappa shape index (κ1) is 35.1. The summed E-state index contributed by atoms with van der Waals surface area (Å²) >= 11 is 0. The maximum absolute atomic E-state index is 14.1. The van der Waals surface area contributed by atoms with Gasteiger partial charge in [-0.15, -0.1) is 0 Å². The largest absolute Gasteiger partial charge is 0.444 e. The van der Waals surface area contributed by atoms with Gasteiger partial charge in [0, 0.05) is 87.0 Å². The Bertz CT molecular complexity index is 1260. The minimum atomic E-state index is -1.99. The standard InChI is InChI=1S/C34H57N3O5Si/c1-24(2)37(31(38)26-14-15-29-25(3)19-35(30(29)18-26)16-13-17-40-10)22-27-20-36(32(39)42-33(4,5)6)21-28(27)23-41-43(11,12)34(7,8)9/h14-15,18-19,24,27-28H,13,16-17,20-23H2,1-12H3/t27-,28-/m0/s1. The first-order valence-corrected chi connectivity index (χ1v) is 18.8. The van der Waals surface area contributed by atoms with Crippen LogP contribution in [0.1, 0.15) is 77.7 Å². The summed E-state index contributed by atoms with van der Waals surface area (Å²) in [5.74, 6) is 0.199. The fraction of sp³-hybridized carbons (Fsp3) is 0.706. The molecule has 0 radical (unpaired) electrons. The highest BCUT2D eigenvalue weighted by molar-refractivity contribution is 6.74. The van der Waals surface area contributed by atoms with Crippen molar-refractivity contribution in [3.8, 4) is 0 Å². The van der Waals surface area contributed by atoms with E-state index >= 15 is 0 Å². The molecule has 43 heavy (non-hydrogen) atoms. The lowest BCUT2D eigenvalue weighted by Gasteiger charge is -2.38. The van der Waals surface area contributed by atoms with Crippen molar-refractivity contribution in [1.82, 2.24) is 14.4 Å². The average Bonchev–Trinajstić information content (AvgIpc) is 3.44. The molecule has 1 aliphatic rings. The van der Waals surface area contributed by atoms with Gasteiger partial charge in [0.1, 0.15) is 5.60 Å². The first-order valence-electron chi connectivity index (χ1n) is 15.9. The van der Waals surface area contributed by atoms with Gasteiger partial charge in [-0.05, 0) is 83.8 Å². The van der Waals surface area contributed by atoms with E-state index in [1.165, 1.54) is 5.56 Å². The highest BCUT2D eigenvalue weighted by Gasteiger charge is 2.42. The van der Waals surface area contributed by atoms with Crippen LogP contribution in [0.2, 0.25) is 18.1 Å². The van der Waals surface area contributed by atoms with Crippen molar-refractivity contribution in [1.29, 1.82) is 0 Å². The number of nitrogens with zero attached hydrogens (tertiary/aromatic N) is 3. The molecule has 0 N–H and O–H groups in total. The summed E-state index contributed by atoms with van der Waals surface area (Å²) in [6.45, 7) is 26.9. The maximum Gasteiger partial charge on any atom is 0.410 e. The first-order chi connectivity index (χ1) is 19.8. The Morgan fingerprint density at radius 1 is 1.07 bits per heavy atom. The predicted octanol–water partition coefficient (Wildman–Crippen LogP) is 7.34. The highest BCUT2D eigenvalue weighted by atomic mass is 28.4. The van der Waals surface area contributed by atoms with Gasteiger partial charge < -0.3 is 28.3 Å². The third-order valence-corrected chi connectivity index (χ3v) is 13.6. The fourth-order valence-electron chi connectivity index (χ4n) is 5.46. The minimum absolute atomic E-state index is 0.00374. The van der Waals surface area contributed by atoms with Crippen molar-refractivity contribution in [3.05, 3.63) is 35.5 Å². The molecule has 1 saturated heterocycles. The molecule has 1 fully saturated rings. The number of amides is 2. The lowest BCUT2D eigenvalue weighted by Crippen LogP contribution is -2.45. The van der Waals surface area contributed by atoms with E-state index in [2.05, 4.69) is 71.5 Å². The summed E-state index contributed by atoms with van der Waals surface area (Å²) < 4.78 is 19.9. The van der Waals surface area contributed by atoms with Gasteiger partial charge in [-0.3, -0.25) is 4.79 Å². The zero-order chi connectivity index (χ0) is 32.3. The highest BCUT2D eigenvalue weighted by Crippen LogP contribution is 2.38. The van der Waals surface area contributed by atoms with Crippen LogP contribution in [0.25, 0.3) is 10.9 Å². The topological polar surface area (TPSA) is 73.2 Å². The fourth-order valence-corrected chi connectivity index (χ4v) is 6.53. The number of ether oxygens (including phenoxy) is 2. The van der Waals surface area contributed by atoms with Crippen LogP contribution in [0, 0.1) is 18.8 Å². The number of aromatic nitrogens is 1. The lowest BCUT2D eigenvalue weighted by atomic mass is 9.95. The summed E-state index contributed by atoms with van der Waals surface area (Å²) in [7, 11) is -0.273. The van der Waals surface area contributed by atoms with Crippen molar-refractivity contribution in [3.63, 3.8) is 0 Å². The average molecular weight is 616 g/mol. The van der Waals surface area contributed by atoms with Gasteiger partial charge in [-0.1, -0.05) is 26.8 Å². The molecule has 0 bridgehead atoms. The van der Waals surface area contributed by atoms with E-state index in [9.17, 15) is 9.59 Å². The van der Waals surface area contributed by atoms with E-state index in [4.69, 9.17) is 13.9 Å². The molecule has 2 heterocycles. The monoisotopic (exact) mass is 615 g/mol. The lowest BCUT2D eigenvalue weighted by molar-refractivity contribution is 0.0280. The molecule has 0 aliphatic carbocycles. The van der Waals surface area contributed by atoms with Crippen molar-refractivity contribution >= 4 is 31.2 Å². The number of likely N-dealkylation sites (tertiary alicyclic amines) is 1. The molecular weight excluding hydrogens is 558 g/mol. The second-order valence-electron chi connectivity index (χ2n) is 15.1. The molecule has 0 spiro atoms. The molecule has 0 saturated carbocycles. The summed E-state index contributed by atoms with van der Waals surface area (Å²) in [4.78, 5) is 31.0. The normalized spacial score (nSPS) is 18.1. The SMILES string of the molecule is COCCCn1cc(C)c2ccc(C(=O)N(C[C@@H]3CN(C(=O)OC(C)(C)C)C[C@H]3CO[Si](C)(C)C(C)(C)C)C(C)C)cc21. The molecule has 3 rings (SSSR count). The van der Waals surface area contributed by atoms with Crippen LogP contribution < -0.4 is 0 Å². The quantitative estimate of drug-likeness (QED) is 0.195. The summed E-state index contributed by atoms with van der Waals surface area (Å²) in [5, 5.41) is 1.25. The van der Waals surface area contributed by atoms with E-state index in [0.717, 1.165) is 23.9 Å². The number of hydrogen-bond donors (Lipinski definition) is 0. The molecule has 9 heteroatoms.